The maximum Gasteiger partial charge on any atom is 0.226 e. The highest BCUT2D eigenvalue weighted by atomic mass is 32.1. The van der Waals surface area contributed by atoms with Crippen molar-refractivity contribution in [3.63, 3.8) is 0 Å². The monoisotopic (exact) mass is 357 g/mol. The van der Waals surface area contributed by atoms with Crippen LogP contribution in [0.3, 0.4) is 0 Å². The summed E-state index contributed by atoms with van der Waals surface area (Å²) in [4.78, 5) is 30.5. The Hall–Kier alpha value is -2.21. The van der Waals surface area contributed by atoms with E-state index in [1.807, 2.05) is 54.5 Å². The number of carbonyl (C=O) groups excluding carboxylic acids is 2. The quantitative estimate of drug-likeness (QED) is 0.865. The molecule has 1 aromatic heterocycles. The first-order valence-electron chi connectivity index (χ1n) is 8.59. The Labute approximate surface area is 152 Å². The molecule has 2 amide bonds. The number of aromatic nitrogens is 1. The highest BCUT2D eigenvalue weighted by Crippen LogP contribution is 2.23. The van der Waals surface area contributed by atoms with Gasteiger partial charge in [0.2, 0.25) is 11.8 Å². The van der Waals surface area contributed by atoms with Gasteiger partial charge in [0, 0.05) is 42.4 Å². The number of rotatable bonds is 6. The maximum absolute atomic E-state index is 12.2. The number of hydrogen-bond acceptors (Lipinski definition) is 4. The van der Waals surface area contributed by atoms with Gasteiger partial charge in [-0.15, -0.1) is 11.3 Å². The fraction of sp³-hybridized carbons (Fsp3) is 0.421. The van der Waals surface area contributed by atoms with E-state index in [4.69, 9.17) is 0 Å². The summed E-state index contributed by atoms with van der Waals surface area (Å²) >= 11 is 1.55. The van der Waals surface area contributed by atoms with Crippen LogP contribution in [-0.4, -0.2) is 40.8 Å². The molecule has 0 radical (unpaired) electrons. The number of likely N-dealkylation sites (tertiary alicyclic amines) is 1. The third kappa shape index (κ3) is 4.45. The summed E-state index contributed by atoms with van der Waals surface area (Å²) in [6.45, 7) is 5.31. The van der Waals surface area contributed by atoms with E-state index in [0.29, 0.717) is 13.0 Å². The zero-order chi connectivity index (χ0) is 17.8. The minimum Gasteiger partial charge on any atom is -0.355 e. The van der Waals surface area contributed by atoms with Gasteiger partial charge in [-0.25, -0.2) is 4.98 Å². The maximum atomic E-state index is 12.2. The highest BCUT2D eigenvalue weighted by Gasteiger charge is 2.31. The van der Waals surface area contributed by atoms with Crippen LogP contribution in [0.25, 0.3) is 10.6 Å². The molecule has 132 valence electrons. The Morgan fingerprint density at radius 3 is 2.80 bits per heavy atom. The fourth-order valence-electron chi connectivity index (χ4n) is 3.03. The van der Waals surface area contributed by atoms with Crippen molar-refractivity contribution in [1.82, 2.24) is 15.2 Å². The molecule has 0 spiro atoms. The lowest BCUT2D eigenvalue weighted by Gasteiger charge is -2.21. The van der Waals surface area contributed by atoms with Crippen LogP contribution in [0.2, 0.25) is 0 Å². The second-order valence-electron chi connectivity index (χ2n) is 6.70. The molecule has 1 aliphatic rings. The first kappa shape index (κ1) is 17.6. The Balaban J connectivity index is 1.49. The molecule has 1 fully saturated rings. The molecular formula is C19H23N3O2S. The molecule has 0 aliphatic carbocycles. The predicted molar refractivity (Wildman–Crippen MR) is 99.2 cm³/mol. The van der Waals surface area contributed by atoms with Gasteiger partial charge in [-0.05, 0) is 13.8 Å². The van der Waals surface area contributed by atoms with Gasteiger partial charge in [-0.1, -0.05) is 30.3 Å². The van der Waals surface area contributed by atoms with Crippen LogP contribution < -0.4 is 5.32 Å². The predicted octanol–water partition coefficient (Wildman–Crippen LogP) is 2.73. The Bertz CT molecular complexity index is 742. The third-order valence-electron chi connectivity index (χ3n) is 4.36. The zero-order valence-electron chi connectivity index (χ0n) is 14.6. The smallest absolute Gasteiger partial charge is 0.226 e. The van der Waals surface area contributed by atoms with Crippen LogP contribution in [-0.2, 0) is 16.0 Å². The van der Waals surface area contributed by atoms with Gasteiger partial charge in [-0.3, -0.25) is 9.59 Å². The molecule has 1 saturated heterocycles. The van der Waals surface area contributed by atoms with Crippen LogP contribution in [0.15, 0.2) is 35.7 Å². The molecule has 3 rings (SSSR count). The lowest BCUT2D eigenvalue weighted by atomic mass is 10.1. The number of carbonyl (C=O) groups is 2. The van der Waals surface area contributed by atoms with E-state index in [0.717, 1.165) is 22.8 Å². The van der Waals surface area contributed by atoms with Crippen molar-refractivity contribution in [1.29, 1.82) is 0 Å². The molecule has 25 heavy (non-hydrogen) atoms. The average Bonchev–Trinajstić information content (AvgIpc) is 3.20. The Kier molecular flexibility index (Phi) is 5.48. The van der Waals surface area contributed by atoms with Crippen LogP contribution >= 0.6 is 11.3 Å². The van der Waals surface area contributed by atoms with Gasteiger partial charge in [0.05, 0.1) is 12.1 Å². The van der Waals surface area contributed by atoms with Gasteiger partial charge in [0.25, 0.3) is 0 Å². The van der Waals surface area contributed by atoms with Crippen molar-refractivity contribution in [2.75, 3.05) is 13.1 Å². The standard InChI is InChI=1S/C19H23N3O2S/c1-13(2)22-11-14(8-18(22)24)10-20-17(23)9-16-12-25-19(21-16)15-6-4-3-5-7-15/h3-7,12-14H,8-11H2,1-2H3,(H,20,23)/t14-/m0/s1. The molecule has 2 heterocycles. The van der Waals surface area contributed by atoms with Crippen molar-refractivity contribution in [2.45, 2.75) is 32.7 Å². The summed E-state index contributed by atoms with van der Waals surface area (Å²) < 4.78 is 0. The van der Waals surface area contributed by atoms with E-state index in [2.05, 4.69) is 10.3 Å². The minimum absolute atomic E-state index is 0.0413. The molecule has 0 saturated carbocycles. The van der Waals surface area contributed by atoms with Crippen molar-refractivity contribution in [3.05, 3.63) is 41.4 Å². The van der Waals surface area contributed by atoms with Crippen LogP contribution in [0.1, 0.15) is 26.0 Å². The number of amides is 2. The van der Waals surface area contributed by atoms with E-state index in [1.54, 1.807) is 11.3 Å². The molecule has 2 aromatic rings. The summed E-state index contributed by atoms with van der Waals surface area (Å²) in [6, 6.07) is 10.2. The number of benzene rings is 1. The summed E-state index contributed by atoms with van der Waals surface area (Å²) in [5.41, 5.74) is 1.85. The number of hydrogen-bond donors (Lipinski definition) is 1. The molecule has 1 aliphatic heterocycles. The van der Waals surface area contributed by atoms with E-state index in [9.17, 15) is 9.59 Å². The molecule has 5 nitrogen and oxygen atoms in total. The number of nitrogens with zero attached hydrogens (tertiary/aromatic N) is 2. The van der Waals surface area contributed by atoms with E-state index in [1.165, 1.54) is 0 Å². The molecule has 1 N–H and O–H groups in total. The van der Waals surface area contributed by atoms with E-state index in [-0.39, 0.29) is 30.2 Å². The first-order chi connectivity index (χ1) is 12.0. The van der Waals surface area contributed by atoms with Gasteiger partial charge in [0.15, 0.2) is 0 Å². The highest BCUT2D eigenvalue weighted by molar-refractivity contribution is 7.13. The summed E-state index contributed by atoms with van der Waals surface area (Å²) in [5.74, 6) is 0.343. The van der Waals surface area contributed by atoms with Gasteiger partial charge < -0.3 is 10.2 Å². The van der Waals surface area contributed by atoms with Crippen molar-refractivity contribution in [3.8, 4) is 10.6 Å². The molecule has 1 aromatic carbocycles. The zero-order valence-corrected chi connectivity index (χ0v) is 15.4. The van der Waals surface area contributed by atoms with E-state index < -0.39 is 0 Å². The normalized spacial score (nSPS) is 17.3. The lowest BCUT2D eigenvalue weighted by Crippen LogP contribution is -2.34. The lowest BCUT2D eigenvalue weighted by molar-refractivity contribution is -0.129. The summed E-state index contributed by atoms with van der Waals surface area (Å²) in [7, 11) is 0. The average molecular weight is 357 g/mol. The second-order valence-corrected chi connectivity index (χ2v) is 7.56. The topological polar surface area (TPSA) is 62.3 Å². The van der Waals surface area contributed by atoms with Gasteiger partial charge in [-0.2, -0.15) is 0 Å². The summed E-state index contributed by atoms with van der Waals surface area (Å²) in [5, 5.41) is 5.81. The van der Waals surface area contributed by atoms with Gasteiger partial charge in [0.1, 0.15) is 5.01 Å². The first-order valence-corrected chi connectivity index (χ1v) is 9.47. The Morgan fingerprint density at radius 2 is 2.12 bits per heavy atom. The SMILES string of the molecule is CC(C)N1C[C@H](CNC(=O)Cc2csc(-c3ccccc3)n2)CC1=O. The van der Waals surface area contributed by atoms with Crippen LogP contribution in [0.4, 0.5) is 0 Å². The fourth-order valence-corrected chi connectivity index (χ4v) is 3.86. The molecule has 1 atom stereocenters. The molecule has 0 unspecified atom stereocenters. The number of thiazole rings is 1. The molecule has 0 bridgehead atoms. The minimum atomic E-state index is -0.0413. The Morgan fingerprint density at radius 1 is 1.36 bits per heavy atom. The van der Waals surface area contributed by atoms with Crippen molar-refractivity contribution < 1.29 is 9.59 Å². The van der Waals surface area contributed by atoms with Crippen LogP contribution in [0, 0.1) is 5.92 Å². The summed E-state index contributed by atoms with van der Waals surface area (Å²) in [6.07, 6.45) is 0.797. The van der Waals surface area contributed by atoms with Gasteiger partial charge >= 0.3 is 0 Å². The van der Waals surface area contributed by atoms with Crippen LogP contribution in [0.5, 0.6) is 0 Å². The van der Waals surface area contributed by atoms with E-state index >= 15 is 0 Å². The largest absolute Gasteiger partial charge is 0.355 e. The van der Waals surface area contributed by atoms with Crippen molar-refractivity contribution >= 4 is 23.2 Å². The molecule has 6 heteroatoms. The molecular weight excluding hydrogens is 334 g/mol. The van der Waals surface area contributed by atoms with Crippen molar-refractivity contribution in [2.24, 2.45) is 5.92 Å². The number of nitrogens with one attached hydrogen (secondary N) is 1. The second kappa shape index (κ2) is 7.78. The third-order valence-corrected chi connectivity index (χ3v) is 5.30.